The molecule has 0 spiro atoms. The lowest BCUT2D eigenvalue weighted by molar-refractivity contribution is -0.417. The monoisotopic (exact) mass is 490 g/mol. The van der Waals surface area contributed by atoms with Gasteiger partial charge in [0.2, 0.25) is 0 Å². The maximum Gasteiger partial charge on any atom is 0.673 e. The minimum absolute atomic E-state index is 0.848. The first-order valence-corrected chi connectivity index (χ1v) is 11.2. The fourth-order valence-corrected chi connectivity index (χ4v) is 4.25. The summed E-state index contributed by atoms with van der Waals surface area (Å²) in [7, 11) is -2.61. The highest BCUT2D eigenvalue weighted by molar-refractivity contribution is 6.50. The highest BCUT2D eigenvalue weighted by Gasteiger charge is 2.21. The van der Waals surface area contributed by atoms with Crippen molar-refractivity contribution < 1.29 is 26.4 Å². The lowest BCUT2D eigenvalue weighted by Gasteiger charge is -2.18. The summed E-state index contributed by atoms with van der Waals surface area (Å²) in [6.45, 7) is 0. The van der Waals surface area contributed by atoms with Gasteiger partial charge < -0.3 is 22.0 Å². The molecule has 0 aliphatic heterocycles. The molecular weight excluding hydrogens is 467 g/mol. The second-order valence-corrected chi connectivity index (χ2v) is 8.02. The standard InChI is InChI=1S/C29H23O2.BF4/c1-30-24-15-11-20(12-16-24)28(21-13-17-25(31-2)18-14-21)29-26-9-5-3-7-22(26)19-23-8-4-6-10-27(23)29;2-1(3,4)5/h3-19H,1-2H3;/q+1;-1. The summed E-state index contributed by atoms with van der Waals surface area (Å²) in [5.74, 6) is 1.70. The van der Waals surface area contributed by atoms with Crippen molar-refractivity contribution in [3.05, 3.63) is 120 Å². The molecule has 0 saturated carbocycles. The molecule has 0 fully saturated rings. The molecule has 2 nitrogen and oxygen atoms in total. The van der Waals surface area contributed by atoms with Gasteiger partial charge >= 0.3 is 13.0 Å². The van der Waals surface area contributed by atoms with E-state index >= 15 is 0 Å². The number of carbonyl (C=O) groups excluding carboxylic acids is 1. The molecule has 5 rings (SSSR count). The maximum atomic E-state index is 9.75. The van der Waals surface area contributed by atoms with Gasteiger partial charge in [-0.3, -0.25) is 4.42 Å². The Morgan fingerprint density at radius 3 is 1.69 bits per heavy atom. The van der Waals surface area contributed by atoms with Crippen molar-refractivity contribution in [2.24, 2.45) is 0 Å². The number of allylic oxidation sites excluding steroid dienone is 5. The van der Waals surface area contributed by atoms with Crippen LogP contribution in [0.3, 0.4) is 0 Å². The zero-order valence-corrected chi connectivity index (χ0v) is 19.7. The molecule has 0 radical (unpaired) electrons. The van der Waals surface area contributed by atoms with Crippen molar-refractivity contribution >= 4 is 40.2 Å². The van der Waals surface area contributed by atoms with E-state index in [0.717, 1.165) is 22.7 Å². The van der Waals surface area contributed by atoms with Crippen molar-refractivity contribution in [3.63, 3.8) is 0 Å². The number of fused-ring (bicyclic) bond motifs is 2. The van der Waals surface area contributed by atoms with Gasteiger partial charge in [-0.2, -0.15) is 0 Å². The number of halogens is 4. The van der Waals surface area contributed by atoms with Crippen molar-refractivity contribution in [1.82, 2.24) is 0 Å². The Hall–Kier alpha value is -4.13. The molecule has 0 atom stereocenters. The van der Waals surface area contributed by atoms with Gasteiger partial charge in [-0.15, -0.1) is 0 Å². The highest BCUT2D eigenvalue weighted by Crippen LogP contribution is 2.39. The fourth-order valence-electron chi connectivity index (χ4n) is 4.25. The third-order valence-electron chi connectivity index (χ3n) is 5.78. The third-order valence-corrected chi connectivity index (χ3v) is 5.78. The van der Waals surface area contributed by atoms with Gasteiger partial charge in [-0.25, -0.2) is 0 Å². The van der Waals surface area contributed by atoms with E-state index in [4.69, 9.17) is 9.16 Å². The lowest BCUT2D eigenvalue weighted by Crippen LogP contribution is -2.02. The summed E-state index contributed by atoms with van der Waals surface area (Å²) >= 11 is 0. The summed E-state index contributed by atoms with van der Waals surface area (Å²) in [4.78, 5) is 0. The number of benzene rings is 4. The topological polar surface area (TPSA) is 20.5 Å². The molecule has 4 aromatic carbocycles. The normalized spacial score (nSPS) is 12.9. The molecule has 7 heteroatoms. The van der Waals surface area contributed by atoms with Crippen LogP contribution in [-0.2, 0) is 4.42 Å². The van der Waals surface area contributed by atoms with Crippen LogP contribution in [0.4, 0.5) is 17.3 Å². The van der Waals surface area contributed by atoms with Gasteiger partial charge in [-0.1, -0.05) is 60.7 Å². The van der Waals surface area contributed by atoms with Gasteiger partial charge in [0.05, 0.1) is 7.11 Å². The van der Waals surface area contributed by atoms with Crippen molar-refractivity contribution in [2.45, 2.75) is 0 Å². The number of hydrogen-bond donors (Lipinski definition) is 0. The van der Waals surface area contributed by atoms with Crippen LogP contribution >= 0.6 is 0 Å². The van der Waals surface area contributed by atoms with E-state index in [1.165, 1.54) is 32.7 Å². The molecule has 0 amide bonds. The molecule has 0 heterocycles. The Labute approximate surface area is 206 Å². The van der Waals surface area contributed by atoms with Crippen molar-refractivity contribution in [1.29, 1.82) is 0 Å². The van der Waals surface area contributed by atoms with Crippen LogP contribution in [0.5, 0.6) is 5.75 Å². The van der Waals surface area contributed by atoms with Crippen LogP contribution in [-0.4, -0.2) is 27.3 Å². The van der Waals surface area contributed by atoms with E-state index in [9.17, 15) is 17.3 Å². The minimum atomic E-state index is -6.00. The Kier molecular flexibility index (Phi) is 7.39. The van der Waals surface area contributed by atoms with Crippen LogP contribution in [0.1, 0.15) is 11.1 Å². The molecule has 1 aliphatic carbocycles. The molecule has 1 aliphatic rings. The second kappa shape index (κ2) is 10.6. The molecule has 36 heavy (non-hydrogen) atoms. The zero-order chi connectivity index (χ0) is 25.7. The molecule has 0 unspecified atom stereocenters. The zero-order valence-electron chi connectivity index (χ0n) is 19.7. The van der Waals surface area contributed by atoms with Gasteiger partial charge in [0.1, 0.15) is 5.75 Å². The summed E-state index contributed by atoms with van der Waals surface area (Å²) in [5, 5.41) is 4.94. The van der Waals surface area contributed by atoms with E-state index in [1.54, 1.807) is 14.2 Å². The minimum Gasteiger partial charge on any atom is -0.497 e. The first-order chi connectivity index (χ1) is 17.3. The smallest absolute Gasteiger partial charge is 0.497 e. The van der Waals surface area contributed by atoms with Gasteiger partial charge in [0, 0.05) is 12.2 Å². The number of methoxy groups -OCH3 is 1. The summed E-state index contributed by atoms with van der Waals surface area (Å²) in [5.41, 5.74) is 4.72. The third kappa shape index (κ3) is 5.74. The molecule has 0 N–H and O–H groups in total. The van der Waals surface area contributed by atoms with Crippen LogP contribution in [0.2, 0.25) is 0 Å². The second-order valence-electron chi connectivity index (χ2n) is 8.02. The highest BCUT2D eigenvalue weighted by atomic mass is 19.5. The predicted molar refractivity (Wildman–Crippen MR) is 140 cm³/mol. The maximum absolute atomic E-state index is 9.75. The molecular formula is C29H23BF4O2. The number of rotatable bonds is 3. The Bertz CT molecular complexity index is 1440. The Morgan fingerprint density at radius 1 is 0.722 bits per heavy atom. The first-order valence-electron chi connectivity index (χ1n) is 11.2. The largest absolute Gasteiger partial charge is 0.673 e. The SMILES string of the molecule is COc1ccc(C(=C2C=CC(=[O+]C)C=C2)c2c3ccccc3cc3ccccc23)cc1.F[B-](F)(F)F. The van der Waals surface area contributed by atoms with E-state index < -0.39 is 7.25 Å². The average molecular weight is 490 g/mol. The number of ether oxygens (including phenoxy) is 1. The van der Waals surface area contributed by atoms with Crippen molar-refractivity contribution in [2.75, 3.05) is 14.2 Å². The lowest BCUT2D eigenvalue weighted by atomic mass is 9.85. The Balaban J connectivity index is 0.000000556. The molecule has 182 valence electrons. The van der Waals surface area contributed by atoms with Crippen LogP contribution in [0, 0.1) is 0 Å². The molecule has 0 aromatic heterocycles. The van der Waals surface area contributed by atoms with Gasteiger partial charge in [0.25, 0.3) is 7.11 Å². The first kappa shape index (κ1) is 25.0. The van der Waals surface area contributed by atoms with Crippen molar-refractivity contribution in [3.8, 4) is 5.75 Å². The van der Waals surface area contributed by atoms with Crippen LogP contribution < -0.4 is 4.74 Å². The van der Waals surface area contributed by atoms with Gasteiger partial charge in [-0.05, 0) is 74.2 Å². The average Bonchev–Trinajstić information content (AvgIpc) is 2.88. The van der Waals surface area contributed by atoms with Gasteiger partial charge in [0.15, 0.2) is 0 Å². The molecule has 4 aromatic rings. The van der Waals surface area contributed by atoms with E-state index in [-0.39, 0.29) is 0 Å². The molecule has 0 saturated heterocycles. The fraction of sp³-hybridized carbons (Fsp3) is 0.0690. The molecule has 0 bridgehead atoms. The summed E-state index contributed by atoms with van der Waals surface area (Å²) in [6.07, 6.45) is 8.31. The van der Waals surface area contributed by atoms with Crippen LogP contribution in [0.15, 0.2) is 109 Å². The van der Waals surface area contributed by atoms with E-state index in [2.05, 4.69) is 78.9 Å². The van der Waals surface area contributed by atoms with Crippen LogP contribution in [0.25, 0.3) is 27.1 Å². The summed E-state index contributed by atoms with van der Waals surface area (Å²) < 4.78 is 49.8. The number of ketones is 1. The summed E-state index contributed by atoms with van der Waals surface area (Å²) in [6, 6.07) is 27.8. The van der Waals surface area contributed by atoms with E-state index in [1.807, 2.05) is 24.3 Å². The quantitative estimate of drug-likeness (QED) is 0.124. The van der Waals surface area contributed by atoms with E-state index in [0.29, 0.717) is 0 Å². The predicted octanol–water partition coefficient (Wildman–Crippen LogP) is 7.96. The Morgan fingerprint density at radius 2 is 1.22 bits per heavy atom. The number of hydrogen-bond acceptors (Lipinski definition) is 1.